The number of anilines is 1. The van der Waals surface area contributed by atoms with Crippen molar-refractivity contribution >= 4 is 17.5 Å². The minimum absolute atomic E-state index is 0.116. The summed E-state index contributed by atoms with van der Waals surface area (Å²) in [6.07, 6.45) is -2.55. The molecule has 0 fully saturated rings. The van der Waals surface area contributed by atoms with Gasteiger partial charge in [0.15, 0.2) is 0 Å². The molecule has 5 N–H and O–H groups in total. The topological polar surface area (TPSA) is 94.4 Å². The summed E-state index contributed by atoms with van der Waals surface area (Å²) < 4.78 is 46.3. The SMILES string of the molecule is N=C/C(=C\N)c1ccc(N)cc1Oc1cccc(OC(F)(F)F)c1. The first kappa shape index (κ1) is 17.2. The molecule has 5 nitrogen and oxygen atoms in total. The van der Waals surface area contributed by atoms with E-state index in [4.69, 9.17) is 21.6 Å². The molecule has 0 heterocycles. The number of allylic oxidation sites excluding steroid dienone is 1. The summed E-state index contributed by atoms with van der Waals surface area (Å²) in [5, 5.41) is 7.35. The number of nitrogens with one attached hydrogen (secondary N) is 1. The van der Waals surface area contributed by atoms with Crippen LogP contribution < -0.4 is 20.9 Å². The lowest BCUT2D eigenvalue weighted by atomic mass is 10.1. The van der Waals surface area contributed by atoms with Gasteiger partial charge < -0.3 is 26.4 Å². The van der Waals surface area contributed by atoms with E-state index in [1.165, 1.54) is 24.4 Å². The number of ether oxygens (including phenoxy) is 2. The van der Waals surface area contributed by atoms with E-state index < -0.39 is 12.1 Å². The molecule has 8 heteroatoms. The fourth-order valence-corrected chi connectivity index (χ4v) is 1.94. The van der Waals surface area contributed by atoms with E-state index in [1.807, 2.05) is 0 Å². The smallest absolute Gasteiger partial charge is 0.457 e. The lowest BCUT2D eigenvalue weighted by molar-refractivity contribution is -0.274. The number of hydrogen-bond donors (Lipinski definition) is 3. The van der Waals surface area contributed by atoms with Crippen molar-refractivity contribution in [3.05, 3.63) is 54.2 Å². The zero-order valence-corrected chi connectivity index (χ0v) is 12.3. The number of halogens is 3. The minimum atomic E-state index is -4.80. The normalized spacial score (nSPS) is 11.9. The third-order valence-corrected chi connectivity index (χ3v) is 2.92. The highest BCUT2D eigenvalue weighted by Crippen LogP contribution is 2.33. The molecule has 0 atom stereocenters. The number of nitrogens with two attached hydrogens (primary N) is 2. The Morgan fingerprint density at radius 1 is 1.08 bits per heavy atom. The van der Waals surface area contributed by atoms with Gasteiger partial charge in [0.1, 0.15) is 17.2 Å². The van der Waals surface area contributed by atoms with Crippen molar-refractivity contribution < 1.29 is 22.6 Å². The third-order valence-electron chi connectivity index (χ3n) is 2.92. The second-order valence-corrected chi connectivity index (χ2v) is 4.65. The largest absolute Gasteiger partial charge is 0.573 e. The Balaban J connectivity index is 2.36. The van der Waals surface area contributed by atoms with Crippen LogP contribution in [0.25, 0.3) is 5.57 Å². The van der Waals surface area contributed by atoms with Crippen LogP contribution in [-0.4, -0.2) is 12.6 Å². The summed E-state index contributed by atoms with van der Waals surface area (Å²) in [6.45, 7) is 0. The van der Waals surface area contributed by atoms with Gasteiger partial charge in [0.25, 0.3) is 0 Å². The predicted octanol–water partition coefficient (Wildman–Crippen LogP) is 3.91. The summed E-state index contributed by atoms with van der Waals surface area (Å²) >= 11 is 0. The highest BCUT2D eigenvalue weighted by atomic mass is 19.4. The molecule has 0 aliphatic carbocycles. The third kappa shape index (κ3) is 4.42. The number of benzene rings is 2. The van der Waals surface area contributed by atoms with Crippen LogP contribution >= 0.6 is 0 Å². The van der Waals surface area contributed by atoms with Gasteiger partial charge >= 0.3 is 6.36 Å². The molecule has 24 heavy (non-hydrogen) atoms. The summed E-state index contributed by atoms with van der Waals surface area (Å²) in [7, 11) is 0. The van der Waals surface area contributed by atoms with Crippen LogP contribution in [0.1, 0.15) is 5.56 Å². The first-order valence-corrected chi connectivity index (χ1v) is 6.68. The maximum absolute atomic E-state index is 12.3. The fourth-order valence-electron chi connectivity index (χ4n) is 1.94. The fraction of sp³-hybridized carbons (Fsp3) is 0.0625. The van der Waals surface area contributed by atoms with Crippen LogP contribution in [0.4, 0.5) is 18.9 Å². The number of nitrogen functional groups attached to an aromatic ring is 1. The molecule has 0 unspecified atom stereocenters. The summed E-state index contributed by atoms with van der Waals surface area (Å²) in [6, 6.07) is 9.76. The molecular formula is C16H14F3N3O2. The van der Waals surface area contributed by atoms with Crippen LogP contribution in [0.15, 0.2) is 48.7 Å². The second-order valence-electron chi connectivity index (χ2n) is 4.65. The van der Waals surface area contributed by atoms with E-state index in [-0.39, 0.29) is 11.5 Å². The van der Waals surface area contributed by atoms with Gasteiger partial charge in [-0.15, -0.1) is 13.2 Å². The van der Waals surface area contributed by atoms with Crippen LogP contribution in [0.3, 0.4) is 0 Å². The molecule has 0 saturated carbocycles. The average Bonchev–Trinajstić information content (AvgIpc) is 2.49. The quantitative estimate of drug-likeness (QED) is 0.569. The van der Waals surface area contributed by atoms with E-state index in [2.05, 4.69) is 4.74 Å². The Morgan fingerprint density at radius 2 is 1.79 bits per heavy atom. The van der Waals surface area contributed by atoms with Crippen LogP contribution in [0.5, 0.6) is 17.2 Å². The van der Waals surface area contributed by atoms with E-state index in [0.29, 0.717) is 16.8 Å². The average molecular weight is 337 g/mol. The monoisotopic (exact) mass is 337 g/mol. The molecule has 0 spiro atoms. The zero-order chi connectivity index (χ0) is 17.7. The molecule has 2 rings (SSSR count). The Morgan fingerprint density at radius 3 is 2.42 bits per heavy atom. The van der Waals surface area contributed by atoms with E-state index in [1.54, 1.807) is 12.1 Å². The van der Waals surface area contributed by atoms with E-state index in [0.717, 1.165) is 18.3 Å². The molecule has 2 aromatic carbocycles. The highest BCUT2D eigenvalue weighted by Gasteiger charge is 2.31. The standard InChI is InChI=1S/C16H14F3N3O2/c17-16(18,19)24-13-3-1-2-12(7-13)23-15-6-11(22)4-5-14(15)10(8-20)9-21/h1-9,20H,21-22H2/b10-9+,20-8?. The number of hydrogen-bond acceptors (Lipinski definition) is 5. The first-order chi connectivity index (χ1) is 11.3. The molecular weight excluding hydrogens is 323 g/mol. The lowest BCUT2D eigenvalue weighted by Crippen LogP contribution is -2.17. The van der Waals surface area contributed by atoms with Crippen molar-refractivity contribution in [1.29, 1.82) is 5.41 Å². The number of alkyl halides is 3. The molecule has 0 amide bonds. The maximum Gasteiger partial charge on any atom is 0.573 e. The van der Waals surface area contributed by atoms with Gasteiger partial charge in [-0.05, 0) is 24.3 Å². The van der Waals surface area contributed by atoms with Crippen molar-refractivity contribution in [2.75, 3.05) is 5.73 Å². The Bertz CT molecular complexity index is 773. The minimum Gasteiger partial charge on any atom is -0.457 e. The van der Waals surface area contributed by atoms with Gasteiger partial charge in [0, 0.05) is 41.4 Å². The van der Waals surface area contributed by atoms with Crippen LogP contribution in [0, 0.1) is 5.41 Å². The van der Waals surface area contributed by atoms with Gasteiger partial charge in [-0.25, -0.2) is 0 Å². The van der Waals surface area contributed by atoms with Crippen molar-refractivity contribution in [2.45, 2.75) is 6.36 Å². The molecule has 0 radical (unpaired) electrons. The molecule has 2 aromatic rings. The summed E-state index contributed by atoms with van der Waals surface area (Å²) in [5.74, 6) is -0.0450. The molecule has 0 saturated heterocycles. The van der Waals surface area contributed by atoms with Gasteiger partial charge in [-0.2, -0.15) is 0 Å². The van der Waals surface area contributed by atoms with Gasteiger partial charge in [-0.1, -0.05) is 6.07 Å². The van der Waals surface area contributed by atoms with E-state index in [9.17, 15) is 13.2 Å². The maximum atomic E-state index is 12.3. The van der Waals surface area contributed by atoms with Crippen LogP contribution in [-0.2, 0) is 0 Å². The highest BCUT2D eigenvalue weighted by molar-refractivity contribution is 6.09. The molecule has 126 valence electrons. The van der Waals surface area contributed by atoms with Crippen LogP contribution in [0.2, 0.25) is 0 Å². The first-order valence-electron chi connectivity index (χ1n) is 6.68. The lowest BCUT2D eigenvalue weighted by Gasteiger charge is -2.14. The van der Waals surface area contributed by atoms with Crippen molar-refractivity contribution in [2.24, 2.45) is 5.73 Å². The second kappa shape index (κ2) is 6.95. The Labute approximate surface area is 135 Å². The predicted molar refractivity (Wildman–Crippen MR) is 85.0 cm³/mol. The van der Waals surface area contributed by atoms with Crippen molar-refractivity contribution in [3.8, 4) is 17.2 Å². The molecule has 0 bridgehead atoms. The molecule has 0 aromatic heterocycles. The van der Waals surface area contributed by atoms with E-state index >= 15 is 0 Å². The van der Waals surface area contributed by atoms with Gasteiger partial charge in [0.05, 0.1) is 0 Å². The number of rotatable bonds is 5. The van der Waals surface area contributed by atoms with Crippen molar-refractivity contribution in [1.82, 2.24) is 0 Å². The zero-order valence-electron chi connectivity index (χ0n) is 12.3. The Hall–Kier alpha value is -3.16. The van der Waals surface area contributed by atoms with Crippen molar-refractivity contribution in [3.63, 3.8) is 0 Å². The summed E-state index contributed by atoms with van der Waals surface area (Å²) in [5.41, 5.74) is 12.4. The van der Waals surface area contributed by atoms with Gasteiger partial charge in [0.2, 0.25) is 0 Å². The Kier molecular flexibility index (Phi) is 4.98. The molecule has 0 aliphatic rings. The molecule has 0 aliphatic heterocycles. The summed E-state index contributed by atoms with van der Waals surface area (Å²) in [4.78, 5) is 0. The van der Waals surface area contributed by atoms with Gasteiger partial charge in [-0.3, -0.25) is 0 Å².